The lowest BCUT2D eigenvalue weighted by atomic mass is 9.96. The molecule has 106 valence electrons. The Labute approximate surface area is 120 Å². The molecule has 1 aliphatic rings. The van der Waals surface area contributed by atoms with E-state index in [-0.39, 0.29) is 29.8 Å². The van der Waals surface area contributed by atoms with E-state index in [1.165, 1.54) is 0 Å². The normalized spacial score (nSPS) is 26.0. The number of hydrogen-bond donors (Lipinski definition) is 2. The van der Waals surface area contributed by atoms with Gasteiger partial charge in [-0.3, -0.25) is 4.79 Å². The van der Waals surface area contributed by atoms with Gasteiger partial charge in [-0.1, -0.05) is 25.1 Å². The first-order valence-corrected chi connectivity index (χ1v) is 6.18. The smallest absolute Gasteiger partial charge is 0.236 e. The molecule has 2 unspecified atom stereocenters. The number of methoxy groups -OCH3 is 1. The van der Waals surface area contributed by atoms with E-state index in [9.17, 15) is 4.79 Å². The van der Waals surface area contributed by atoms with Gasteiger partial charge in [0.25, 0.3) is 0 Å². The van der Waals surface area contributed by atoms with Crippen molar-refractivity contribution in [1.29, 1.82) is 0 Å². The van der Waals surface area contributed by atoms with E-state index >= 15 is 0 Å². The summed E-state index contributed by atoms with van der Waals surface area (Å²) in [5.41, 5.74) is 6.66. The monoisotopic (exact) mass is 284 g/mol. The van der Waals surface area contributed by atoms with Gasteiger partial charge >= 0.3 is 0 Å². The van der Waals surface area contributed by atoms with Crippen LogP contribution >= 0.6 is 12.4 Å². The maximum Gasteiger partial charge on any atom is 0.236 e. The Morgan fingerprint density at radius 2 is 2.16 bits per heavy atom. The highest BCUT2D eigenvalue weighted by molar-refractivity contribution is 5.85. The van der Waals surface area contributed by atoms with Crippen LogP contribution in [0.3, 0.4) is 0 Å². The van der Waals surface area contributed by atoms with Crippen molar-refractivity contribution in [2.75, 3.05) is 7.11 Å². The lowest BCUT2D eigenvalue weighted by Crippen LogP contribution is -2.41. The van der Waals surface area contributed by atoms with Crippen LogP contribution in [0.2, 0.25) is 0 Å². The van der Waals surface area contributed by atoms with Crippen molar-refractivity contribution in [3.63, 3.8) is 0 Å². The Morgan fingerprint density at radius 1 is 1.53 bits per heavy atom. The second-order valence-corrected chi connectivity index (χ2v) is 5.17. The van der Waals surface area contributed by atoms with Crippen molar-refractivity contribution in [2.45, 2.75) is 37.8 Å². The molecule has 5 heteroatoms. The summed E-state index contributed by atoms with van der Waals surface area (Å²) >= 11 is 0. The highest BCUT2D eigenvalue weighted by Crippen LogP contribution is 2.50. The Morgan fingerprint density at radius 3 is 2.74 bits per heavy atom. The van der Waals surface area contributed by atoms with Gasteiger partial charge < -0.3 is 15.8 Å². The molecular formula is C14H21ClN2O2. The van der Waals surface area contributed by atoms with Crippen LogP contribution < -0.4 is 15.8 Å². The zero-order valence-electron chi connectivity index (χ0n) is 11.5. The summed E-state index contributed by atoms with van der Waals surface area (Å²) in [6.45, 7) is 3.83. The molecule has 0 radical (unpaired) electrons. The van der Waals surface area contributed by atoms with Crippen LogP contribution in [0, 0.1) is 0 Å². The van der Waals surface area contributed by atoms with E-state index in [0.29, 0.717) is 0 Å². The van der Waals surface area contributed by atoms with Gasteiger partial charge in [-0.05, 0) is 19.4 Å². The van der Waals surface area contributed by atoms with Crippen molar-refractivity contribution < 1.29 is 9.53 Å². The molecule has 0 saturated heterocycles. The number of ether oxygens (including phenoxy) is 1. The first kappa shape index (κ1) is 15.8. The van der Waals surface area contributed by atoms with E-state index in [1.54, 1.807) is 14.0 Å². The van der Waals surface area contributed by atoms with Gasteiger partial charge in [0.05, 0.1) is 13.2 Å². The minimum absolute atomic E-state index is 0. The molecule has 1 aromatic rings. The Bertz CT molecular complexity index is 465. The Hall–Kier alpha value is -1.26. The van der Waals surface area contributed by atoms with Crippen LogP contribution in [0.15, 0.2) is 24.3 Å². The van der Waals surface area contributed by atoms with Crippen molar-refractivity contribution in [2.24, 2.45) is 5.73 Å². The fraction of sp³-hybridized carbons (Fsp3) is 0.500. The molecule has 0 spiro atoms. The zero-order chi connectivity index (χ0) is 13.3. The minimum Gasteiger partial charge on any atom is -0.496 e. The van der Waals surface area contributed by atoms with Gasteiger partial charge in [-0.15, -0.1) is 12.4 Å². The number of nitrogens with one attached hydrogen (secondary N) is 1. The number of amides is 1. The molecule has 1 aliphatic carbocycles. The lowest BCUT2D eigenvalue weighted by Gasteiger charge is -2.17. The Balaban J connectivity index is 0.00000180. The van der Waals surface area contributed by atoms with E-state index in [0.717, 1.165) is 17.7 Å². The number of carbonyl (C=O) groups is 1. The highest BCUT2D eigenvalue weighted by Gasteiger charge is 2.53. The van der Waals surface area contributed by atoms with Gasteiger partial charge in [0.1, 0.15) is 5.75 Å². The number of carbonyl (C=O) groups excluding carboxylic acids is 1. The zero-order valence-corrected chi connectivity index (χ0v) is 12.3. The van der Waals surface area contributed by atoms with Crippen molar-refractivity contribution >= 4 is 18.3 Å². The van der Waals surface area contributed by atoms with E-state index < -0.39 is 6.04 Å². The third kappa shape index (κ3) is 3.01. The maximum absolute atomic E-state index is 11.6. The number of benzene rings is 1. The second-order valence-electron chi connectivity index (χ2n) is 5.17. The van der Waals surface area contributed by atoms with Crippen molar-refractivity contribution in [1.82, 2.24) is 5.32 Å². The number of hydrogen-bond acceptors (Lipinski definition) is 3. The molecule has 0 aromatic heterocycles. The lowest BCUT2D eigenvalue weighted by molar-refractivity contribution is -0.122. The average Bonchev–Trinajstić information content (AvgIpc) is 3.01. The largest absolute Gasteiger partial charge is 0.496 e. The SMILES string of the molecule is COc1ccccc1C1(C)CC1NC(=O)[C@@H](C)N.Cl. The van der Waals surface area contributed by atoms with E-state index in [1.807, 2.05) is 18.2 Å². The fourth-order valence-corrected chi connectivity index (χ4v) is 2.29. The standard InChI is InChI=1S/C14H20N2O2.ClH/c1-9(15)13(17)16-12-8-14(12,2)10-6-4-5-7-11(10)18-3;/h4-7,9,12H,8,15H2,1-3H3,(H,16,17);1H/t9-,12?,14?;/m1./s1. The van der Waals surface area contributed by atoms with Crippen LogP contribution in [0.1, 0.15) is 25.8 Å². The van der Waals surface area contributed by atoms with Crippen LogP contribution in [-0.2, 0) is 10.2 Å². The molecular weight excluding hydrogens is 264 g/mol. The molecule has 1 aromatic carbocycles. The quantitative estimate of drug-likeness (QED) is 0.883. The predicted octanol–water partition coefficient (Wildman–Crippen LogP) is 1.61. The van der Waals surface area contributed by atoms with Gasteiger partial charge in [0.2, 0.25) is 5.91 Å². The van der Waals surface area contributed by atoms with Crippen LogP contribution in [0.5, 0.6) is 5.75 Å². The molecule has 4 nitrogen and oxygen atoms in total. The molecule has 0 heterocycles. The summed E-state index contributed by atoms with van der Waals surface area (Å²) < 4.78 is 5.38. The highest BCUT2D eigenvalue weighted by atomic mass is 35.5. The predicted molar refractivity (Wildman–Crippen MR) is 77.8 cm³/mol. The third-order valence-electron chi connectivity index (χ3n) is 3.69. The van der Waals surface area contributed by atoms with Gasteiger partial charge in [0, 0.05) is 17.0 Å². The van der Waals surface area contributed by atoms with Gasteiger partial charge in [-0.25, -0.2) is 0 Å². The number of rotatable bonds is 4. The third-order valence-corrected chi connectivity index (χ3v) is 3.69. The summed E-state index contributed by atoms with van der Waals surface area (Å²) in [7, 11) is 1.67. The number of nitrogens with two attached hydrogens (primary N) is 1. The number of halogens is 1. The van der Waals surface area contributed by atoms with Crippen LogP contribution in [-0.4, -0.2) is 25.1 Å². The molecule has 1 amide bonds. The summed E-state index contributed by atoms with van der Waals surface area (Å²) in [6, 6.07) is 7.62. The van der Waals surface area contributed by atoms with E-state index in [2.05, 4.69) is 18.3 Å². The topological polar surface area (TPSA) is 64.3 Å². The summed E-state index contributed by atoms with van der Waals surface area (Å²) in [6.07, 6.45) is 0.922. The summed E-state index contributed by atoms with van der Waals surface area (Å²) in [5, 5.41) is 2.97. The fourth-order valence-electron chi connectivity index (χ4n) is 2.29. The Kier molecular flexibility index (Phi) is 4.82. The van der Waals surface area contributed by atoms with Crippen molar-refractivity contribution in [3.05, 3.63) is 29.8 Å². The van der Waals surface area contributed by atoms with Crippen LogP contribution in [0.4, 0.5) is 0 Å². The molecule has 0 aliphatic heterocycles. The second kappa shape index (κ2) is 5.80. The summed E-state index contributed by atoms with van der Waals surface area (Å²) in [5.74, 6) is 0.774. The molecule has 0 bridgehead atoms. The average molecular weight is 285 g/mol. The van der Waals surface area contributed by atoms with Gasteiger partial charge in [-0.2, -0.15) is 0 Å². The van der Waals surface area contributed by atoms with E-state index in [4.69, 9.17) is 10.5 Å². The molecule has 1 fully saturated rings. The molecule has 2 rings (SSSR count). The van der Waals surface area contributed by atoms with Gasteiger partial charge in [0.15, 0.2) is 0 Å². The van der Waals surface area contributed by atoms with Crippen LogP contribution in [0.25, 0.3) is 0 Å². The molecule has 3 N–H and O–H groups in total. The molecule has 19 heavy (non-hydrogen) atoms. The molecule has 3 atom stereocenters. The maximum atomic E-state index is 11.6. The number of para-hydroxylation sites is 1. The first-order valence-electron chi connectivity index (χ1n) is 6.18. The molecule has 1 saturated carbocycles. The minimum atomic E-state index is -0.465. The summed E-state index contributed by atoms with van der Waals surface area (Å²) in [4.78, 5) is 11.6. The van der Waals surface area contributed by atoms with Crippen molar-refractivity contribution in [3.8, 4) is 5.75 Å². The first-order chi connectivity index (χ1) is 8.49.